The summed E-state index contributed by atoms with van der Waals surface area (Å²) in [7, 11) is 0. The van der Waals surface area contributed by atoms with Crippen LogP contribution in [0, 0.1) is 6.92 Å². The molecule has 7 heteroatoms. The van der Waals surface area contributed by atoms with E-state index < -0.39 is 0 Å². The Balaban J connectivity index is 1.65. The number of amides is 1. The molecular weight excluding hydrogens is 382 g/mol. The van der Waals surface area contributed by atoms with Gasteiger partial charge in [-0.2, -0.15) is 0 Å². The topological polar surface area (TPSA) is 72.7 Å². The first-order chi connectivity index (χ1) is 14.1. The van der Waals surface area contributed by atoms with Crippen molar-refractivity contribution in [2.45, 2.75) is 56.0 Å². The van der Waals surface area contributed by atoms with Crippen molar-refractivity contribution in [2.24, 2.45) is 0 Å². The molecule has 1 atom stereocenters. The fourth-order valence-corrected chi connectivity index (χ4v) is 4.54. The number of carbonyl (C=O) groups excluding carboxylic acids is 1. The molecule has 4 rings (SSSR count). The maximum Gasteiger partial charge on any atom is 0.233 e. The van der Waals surface area contributed by atoms with Crippen molar-refractivity contribution < 1.29 is 4.79 Å². The van der Waals surface area contributed by atoms with Gasteiger partial charge in [-0.15, -0.1) is 10.2 Å². The van der Waals surface area contributed by atoms with E-state index in [1.54, 1.807) is 12.4 Å². The first-order valence-corrected chi connectivity index (χ1v) is 10.9. The molecule has 0 radical (unpaired) electrons. The average Bonchev–Trinajstić information content (AvgIpc) is 3.39. The number of hydrogen-bond acceptors (Lipinski definition) is 5. The molecule has 1 aromatic carbocycles. The van der Waals surface area contributed by atoms with Gasteiger partial charge in [0.25, 0.3) is 0 Å². The molecule has 1 aliphatic carbocycles. The molecule has 0 bridgehead atoms. The zero-order valence-electron chi connectivity index (χ0n) is 16.7. The number of aromatic nitrogens is 4. The van der Waals surface area contributed by atoms with E-state index in [4.69, 9.17) is 0 Å². The predicted molar refractivity (Wildman–Crippen MR) is 115 cm³/mol. The first kappa shape index (κ1) is 19.6. The van der Waals surface area contributed by atoms with E-state index >= 15 is 0 Å². The highest BCUT2D eigenvalue weighted by molar-refractivity contribution is 8.00. The average molecular weight is 408 g/mol. The Morgan fingerprint density at radius 1 is 1.14 bits per heavy atom. The standard InChI is InChI=1S/C22H25N5OS/c1-15-7-3-6-10-19(15)27-20(17-11-13-23-14-12-17)25-26-22(27)29-16(2)21(28)24-18-8-4-5-9-18/h3,6-7,10-14,16,18H,4-5,8-9H2,1-2H3,(H,24,28). The van der Waals surface area contributed by atoms with E-state index in [9.17, 15) is 4.79 Å². The highest BCUT2D eigenvalue weighted by atomic mass is 32.2. The number of rotatable bonds is 6. The molecule has 2 aromatic heterocycles. The fourth-order valence-electron chi connectivity index (χ4n) is 3.67. The number of nitrogens with one attached hydrogen (secondary N) is 1. The minimum atomic E-state index is -0.257. The summed E-state index contributed by atoms with van der Waals surface area (Å²) in [5.74, 6) is 0.805. The van der Waals surface area contributed by atoms with Gasteiger partial charge in [-0.1, -0.05) is 42.8 Å². The Kier molecular flexibility index (Phi) is 5.94. The van der Waals surface area contributed by atoms with Crippen molar-refractivity contribution >= 4 is 17.7 Å². The molecule has 0 spiro atoms. The second-order valence-electron chi connectivity index (χ2n) is 7.41. The highest BCUT2D eigenvalue weighted by Gasteiger charge is 2.25. The molecule has 150 valence electrons. The fraction of sp³-hybridized carbons (Fsp3) is 0.364. The summed E-state index contributed by atoms with van der Waals surface area (Å²) in [6, 6.07) is 12.3. The molecule has 1 saturated carbocycles. The molecule has 0 saturated heterocycles. The largest absolute Gasteiger partial charge is 0.352 e. The third kappa shape index (κ3) is 4.34. The van der Waals surface area contributed by atoms with E-state index in [1.807, 2.05) is 35.8 Å². The number of hydrogen-bond donors (Lipinski definition) is 1. The molecule has 29 heavy (non-hydrogen) atoms. The van der Waals surface area contributed by atoms with Gasteiger partial charge in [0.1, 0.15) is 0 Å². The minimum absolute atomic E-state index is 0.0618. The van der Waals surface area contributed by atoms with Gasteiger partial charge in [-0.25, -0.2) is 0 Å². The second kappa shape index (κ2) is 8.78. The molecule has 1 N–H and O–H groups in total. The van der Waals surface area contributed by atoms with Crippen LogP contribution in [-0.4, -0.2) is 36.9 Å². The molecule has 0 aliphatic heterocycles. The lowest BCUT2D eigenvalue weighted by Crippen LogP contribution is -2.37. The maximum atomic E-state index is 12.7. The third-order valence-corrected chi connectivity index (χ3v) is 6.32. The van der Waals surface area contributed by atoms with Crippen LogP contribution in [-0.2, 0) is 4.79 Å². The second-order valence-corrected chi connectivity index (χ2v) is 8.72. The number of aryl methyl sites for hydroxylation is 1. The zero-order chi connectivity index (χ0) is 20.2. The third-order valence-electron chi connectivity index (χ3n) is 5.28. The van der Waals surface area contributed by atoms with Crippen LogP contribution in [0.3, 0.4) is 0 Å². The number of nitrogens with zero attached hydrogens (tertiary/aromatic N) is 4. The van der Waals surface area contributed by atoms with Crippen LogP contribution in [0.2, 0.25) is 0 Å². The first-order valence-electron chi connectivity index (χ1n) is 10.0. The summed E-state index contributed by atoms with van der Waals surface area (Å²) in [5.41, 5.74) is 3.06. The van der Waals surface area contributed by atoms with Gasteiger partial charge in [-0.05, 0) is 50.5 Å². The molecule has 2 heterocycles. The smallest absolute Gasteiger partial charge is 0.233 e. The summed E-state index contributed by atoms with van der Waals surface area (Å²) in [5, 5.41) is 12.5. The van der Waals surface area contributed by atoms with Gasteiger partial charge in [-0.3, -0.25) is 14.3 Å². The van der Waals surface area contributed by atoms with Crippen molar-refractivity contribution in [3.05, 3.63) is 54.4 Å². The van der Waals surface area contributed by atoms with Gasteiger partial charge in [0.05, 0.1) is 10.9 Å². The number of para-hydroxylation sites is 1. The summed E-state index contributed by atoms with van der Waals surface area (Å²) >= 11 is 1.44. The Morgan fingerprint density at radius 3 is 2.59 bits per heavy atom. The Labute approximate surface area is 175 Å². The Hall–Kier alpha value is -2.67. The van der Waals surface area contributed by atoms with Crippen LogP contribution >= 0.6 is 11.8 Å². The lowest BCUT2D eigenvalue weighted by Gasteiger charge is -2.17. The number of carbonyl (C=O) groups is 1. The van der Waals surface area contributed by atoms with Gasteiger partial charge in [0, 0.05) is 24.0 Å². The van der Waals surface area contributed by atoms with E-state index in [0.717, 1.165) is 35.5 Å². The molecule has 3 aromatic rings. The van der Waals surface area contributed by atoms with Crippen LogP contribution in [0.15, 0.2) is 53.9 Å². The van der Waals surface area contributed by atoms with E-state index in [2.05, 4.69) is 39.6 Å². The predicted octanol–water partition coefficient (Wildman–Crippen LogP) is 4.18. The van der Waals surface area contributed by atoms with Gasteiger partial charge >= 0.3 is 0 Å². The monoisotopic (exact) mass is 407 g/mol. The van der Waals surface area contributed by atoms with Crippen LogP contribution < -0.4 is 5.32 Å². The number of thioether (sulfide) groups is 1. The van der Waals surface area contributed by atoms with Crippen LogP contribution in [0.5, 0.6) is 0 Å². The van der Waals surface area contributed by atoms with Gasteiger partial charge in [0.2, 0.25) is 5.91 Å². The summed E-state index contributed by atoms with van der Waals surface area (Å²) in [4.78, 5) is 16.8. The van der Waals surface area contributed by atoms with Crippen molar-refractivity contribution in [1.29, 1.82) is 0 Å². The van der Waals surface area contributed by atoms with Crippen molar-refractivity contribution in [3.8, 4) is 17.1 Å². The van der Waals surface area contributed by atoms with Gasteiger partial charge < -0.3 is 5.32 Å². The van der Waals surface area contributed by atoms with Crippen molar-refractivity contribution in [3.63, 3.8) is 0 Å². The highest BCUT2D eigenvalue weighted by Crippen LogP contribution is 2.31. The Morgan fingerprint density at radius 2 is 1.86 bits per heavy atom. The summed E-state index contributed by atoms with van der Waals surface area (Å²) in [6.07, 6.45) is 8.05. The molecule has 1 aliphatic rings. The molecule has 6 nitrogen and oxygen atoms in total. The minimum Gasteiger partial charge on any atom is -0.352 e. The van der Waals surface area contributed by atoms with Crippen LogP contribution in [0.25, 0.3) is 17.1 Å². The van der Waals surface area contributed by atoms with E-state index in [0.29, 0.717) is 11.2 Å². The summed E-state index contributed by atoms with van der Waals surface area (Å²) < 4.78 is 2.04. The zero-order valence-corrected chi connectivity index (χ0v) is 17.5. The normalized spacial score (nSPS) is 15.4. The van der Waals surface area contributed by atoms with Crippen LogP contribution in [0.4, 0.5) is 0 Å². The van der Waals surface area contributed by atoms with E-state index in [-0.39, 0.29) is 11.2 Å². The SMILES string of the molecule is Cc1ccccc1-n1c(SC(C)C(=O)NC2CCCC2)nnc1-c1ccncc1. The van der Waals surface area contributed by atoms with Crippen LogP contribution in [0.1, 0.15) is 38.2 Å². The molecule has 1 amide bonds. The van der Waals surface area contributed by atoms with E-state index in [1.165, 1.54) is 24.6 Å². The quantitative estimate of drug-likeness (QED) is 0.621. The van der Waals surface area contributed by atoms with Gasteiger partial charge in [0.15, 0.2) is 11.0 Å². The number of benzene rings is 1. The molecular formula is C22H25N5OS. The van der Waals surface area contributed by atoms with Crippen molar-refractivity contribution in [1.82, 2.24) is 25.1 Å². The summed E-state index contributed by atoms with van der Waals surface area (Å²) in [6.45, 7) is 3.99. The molecule has 1 unspecified atom stereocenters. The molecule has 1 fully saturated rings. The van der Waals surface area contributed by atoms with Crippen molar-refractivity contribution in [2.75, 3.05) is 0 Å². The lowest BCUT2D eigenvalue weighted by atomic mass is 10.2. The maximum absolute atomic E-state index is 12.7. The Bertz CT molecular complexity index is 982. The number of pyridine rings is 1. The lowest BCUT2D eigenvalue weighted by molar-refractivity contribution is -0.120.